The summed E-state index contributed by atoms with van der Waals surface area (Å²) in [6.45, 7) is 4.28. The Morgan fingerprint density at radius 2 is 1.60 bits per heavy atom. The molecule has 0 spiro atoms. The van der Waals surface area contributed by atoms with Gasteiger partial charge in [-0.25, -0.2) is 8.42 Å². The molecule has 30 heavy (non-hydrogen) atoms. The fourth-order valence-electron chi connectivity index (χ4n) is 3.56. The lowest BCUT2D eigenvalue weighted by Gasteiger charge is -2.22. The molecule has 4 rings (SSSR count). The summed E-state index contributed by atoms with van der Waals surface area (Å²) in [6.07, 6.45) is 2.10. The van der Waals surface area contributed by atoms with E-state index in [0.29, 0.717) is 30.4 Å². The molecule has 2 aromatic carbocycles. The Hall–Kier alpha value is -2.94. The van der Waals surface area contributed by atoms with Crippen molar-refractivity contribution in [2.45, 2.75) is 30.7 Å². The zero-order valence-corrected chi connectivity index (χ0v) is 17.6. The van der Waals surface area contributed by atoms with Crippen LogP contribution in [0.5, 0.6) is 11.5 Å². The van der Waals surface area contributed by atoms with Crippen LogP contribution >= 0.6 is 0 Å². The molecule has 0 radical (unpaired) electrons. The van der Waals surface area contributed by atoms with E-state index in [1.165, 1.54) is 12.1 Å². The van der Waals surface area contributed by atoms with E-state index in [2.05, 4.69) is 10.0 Å². The van der Waals surface area contributed by atoms with Crippen molar-refractivity contribution < 1.29 is 22.7 Å². The summed E-state index contributed by atoms with van der Waals surface area (Å²) in [5.41, 5.74) is 1.17. The van der Waals surface area contributed by atoms with Crippen molar-refractivity contribution in [3.8, 4) is 11.5 Å². The maximum atomic E-state index is 12.7. The molecular weight excluding hydrogens is 406 g/mol. The van der Waals surface area contributed by atoms with Crippen molar-refractivity contribution in [3.63, 3.8) is 0 Å². The van der Waals surface area contributed by atoms with E-state index in [0.717, 1.165) is 31.6 Å². The number of hydrogen-bond donors (Lipinski definition) is 2. The van der Waals surface area contributed by atoms with Gasteiger partial charge >= 0.3 is 0 Å². The van der Waals surface area contributed by atoms with Crippen LogP contribution in [0.4, 0.5) is 11.4 Å². The predicted molar refractivity (Wildman–Crippen MR) is 114 cm³/mol. The molecule has 0 saturated carbocycles. The summed E-state index contributed by atoms with van der Waals surface area (Å²) >= 11 is 0. The van der Waals surface area contributed by atoms with Crippen LogP contribution in [-0.4, -0.2) is 51.6 Å². The second kappa shape index (κ2) is 8.43. The number of fused-ring (bicyclic) bond motifs is 1. The molecule has 2 heterocycles. The van der Waals surface area contributed by atoms with Crippen molar-refractivity contribution in [2.24, 2.45) is 0 Å². The van der Waals surface area contributed by atoms with E-state index in [-0.39, 0.29) is 16.8 Å². The zero-order chi connectivity index (χ0) is 21.1. The highest BCUT2D eigenvalue weighted by molar-refractivity contribution is 7.92. The maximum absolute atomic E-state index is 12.7. The second-order valence-corrected chi connectivity index (χ2v) is 9.07. The van der Waals surface area contributed by atoms with Crippen molar-refractivity contribution in [1.29, 1.82) is 0 Å². The molecule has 0 aliphatic carbocycles. The smallest absolute Gasteiger partial charge is 0.262 e. The van der Waals surface area contributed by atoms with Gasteiger partial charge in [-0.15, -0.1) is 0 Å². The summed E-state index contributed by atoms with van der Waals surface area (Å²) in [7, 11) is -3.77. The number of benzene rings is 2. The molecule has 9 heteroatoms. The lowest BCUT2D eigenvalue weighted by atomic mass is 10.2. The Morgan fingerprint density at radius 3 is 2.30 bits per heavy atom. The molecule has 0 aromatic heterocycles. The standard InChI is InChI=1S/C21H25N3O5S/c1-15(21(25)24-10-2-3-11-24)22-16-4-6-17(7-5-16)23-30(26,27)18-8-9-19-20(14-18)29-13-12-28-19/h4-9,14-15,22-23H,2-3,10-13H2,1H3. The van der Waals surface area contributed by atoms with Crippen LogP contribution in [0.2, 0.25) is 0 Å². The van der Waals surface area contributed by atoms with E-state index in [1.54, 1.807) is 30.3 Å². The third kappa shape index (κ3) is 4.46. The number of anilines is 2. The van der Waals surface area contributed by atoms with Gasteiger partial charge in [0.05, 0.1) is 4.90 Å². The number of carbonyl (C=O) groups excluding carboxylic acids is 1. The van der Waals surface area contributed by atoms with Gasteiger partial charge in [-0.05, 0) is 56.2 Å². The summed E-state index contributed by atoms with van der Waals surface area (Å²) in [6, 6.07) is 11.0. The largest absolute Gasteiger partial charge is 0.486 e. The highest BCUT2D eigenvalue weighted by atomic mass is 32.2. The first-order chi connectivity index (χ1) is 14.4. The fraction of sp³-hybridized carbons (Fsp3) is 0.381. The minimum Gasteiger partial charge on any atom is -0.486 e. The minimum atomic E-state index is -3.77. The maximum Gasteiger partial charge on any atom is 0.262 e. The van der Waals surface area contributed by atoms with Gasteiger partial charge in [0.15, 0.2) is 11.5 Å². The number of carbonyl (C=O) groups is 1. The Morgan fingerprint density at radius 1 is 0.967 bits per heavy atom. The molecule has 1 saturated heterocycles. The molecule has 1 atom stereocenters. The van der Waals surface area contributed by atoms with Gasteiger partial charge in [-0.3, -0.25) is 9.52 Å². The average Bonchev–Trinajstić information content (AvgIpc) is 3.29. The van der Waals surface area contributed by atoms with Crippen molar-refractivity contribution in [1.82, 2.24) is 4.90 Å². The number of amides is 1. The number of nitrogens with zero attached hydrogens (tertiary/aromatic N) is 1. The van der Waals surface area contributed by atoms with Crippen LogP contribution in [0.15, 0.2) is 47.4 Å². The van der Waals surface area contributed by atoms with E-state index in [9.17, 15) is 13.2 Å². The third-order valence-electron chi connectivity index (χ3n) is 5.13. The molecule has 0 bridgehead atoms. The SMILES string of the molecule is CC(Nc1ccc(NS(=O)(=O)c2ccc3c(c2)OCCO3)cc1)C(=O)N1CCCC1. The van der Waals surface area contributed by atoms with Gasteiger partial charge in [-0.1, -0.05) is 0 Å². The quantitative estimate of drug-likeness (QED) is 0.730. The molecular formula is C21H25N3O5S. The summed E-state index contributed by atoms with van der Waals surface area (Å²) < 4.78 is 38.9. The van der Waals surface area contributed by atoms with E-state index in [1.807, 2.05) is 11.8 Å². The molecule has 160 valence electrons. The number of sulfonamides is 1. The highest BCUT2D eigenvalue weighted by Gasteiger charge is 2.23. The first-order valence-corrected chi connectivity index (χ1v) is 11.5. The van der Waals surface area contributed by atoms with E-state index < -0.39 is 10.0 Å². The average molecular weight is 432 g/mol. The van der Waals surface area contributed by atoms with Gasteiger partial charge in [0, 0.05) is 30.5 Å². The van der Waals surface area contributed by atoms with Crippen LogP contribution in [0, 0.1) is 0 Å². The lowest BCUT2D eigenvalue weighted by molar-refractivity contribution is -0.130. The first-order valence-electron chi connectivity index (χ1n) is 10.0. The molecule has 1 amide bonds. The summed E-state index contributed by atoms with van der Waals surface area (Å²) in [5.74, 6) is 1.03. The van der Waals surface area contributed by atoms with Crippen LogP contribution in [0.25, 0.3) is 0 Å². The van der Waals surface area contributed by atoms with Crippen LogP contribution in [0.3, 0.4) is 0 Å². The molecule has 1 unspecified atom stereocenters. The molecule has 1 fully saturated rings. The van der Waals surface area contributed by atoms with Gasteiger partial charge in [0.1, 0.15) is 19.3 Å². The predicted octanol–water partition coefficient (Wildman–Crippen LogP) is 2.68. The number of rotatable bonds is 6. The number of hydrogen-bond acceptors (Lipinski definition) is 6. The van der Waals surface area contributed by atoms with Crippen LogP contribution in [0.1, 0.15) is 19.8 Å². The number of likely N-dealkylation sites (tertiary alicyclic amines) is 1. The van der Waals surface area contributed by atoms with Crippen molar-refractivity contribution in [2.75, 3.05) is 36.3 Å². The van der Waals surface area contributed by atoms with Crippen LogP contribution in [-0.2, 0) is 14.8 Å². The van der Waals surface area contributed by atoms with Gasteiger partial charge in [0.25, 0.3) is 10.0 Å². The topological polar surface area (TPSA) is 97.0 Å². The fourth-order valence-corrected chi connectivity index (χ4v) is 4.64. The van der Waals surface area contributed by atoms with Gasteiger partial charge in [0.2, 0.25) is 5.91 Å². The molecule has 2 aliphatic rings. The second-order valence-electron chi connectivity index (χ2n) is 7.39. The van der Waals surface area contributed by atoms with Crippen molar-refractivity contribution >= 4 is 27.3 Å². The first kappa shape index (κ1) is 20.3. The van der Waals surface area contributed by atoms with Gasteiger partial charge < -0.3 is 19.7 Å². The Kier molecular flexibility index (Phi) is 5.72. The Labute approximate surface area is 176 Å². The Balaban J connectivity index is 1.40. The monoisotopic (exact) mass is 431 g/mol. The lowest BCUT2D eigenvalue weighted by Crippen LogP contribution is -2.39. The summed E-state index contributed by atoms with van der Waals surface area (Å²) in [5, 5.41) is 3.18. The Bertz CT molecular complexity index is 1020. The molecule has 8 nitrogen and oxygen atoms in total. The number of nitrogens with one attached hydrogen (secondary N) is 2. The van der Waals surface area contributed by atoms with Gasteiger partial charge in [-0.2, -0.15) is 0 Å². The minimum absolute atomic E-state index is 0.0795. The van der Waals surface area contributed by atoms with Crippen molar-refractivity contribution in [3.05, 3.63) is 42.5 Å². The zero-order valence-electron chi connectivity index (χ0n) is 16.8. The van der Waals surface area contributed by atoms with Crippen LogP contribution < -0.4 is 19.5 Å². The highest BCUT2D eigenvalue weighted by Crippen LogP contribution is 2.32. The molecule has 2 aromatic rings. The molecule has 2 N–H and O–H groups in total. The summed E-state index contributed by atoms with van der Waals surface area (Å²) in [4.78, 5) is 14.4. The van der Waals surface area contributed by atoms with E-state index >= 15 is 0 Å². The third-order valence-corrected chi connectivity index (χ3v) is 6.51. The molecule has 2 aliphatic heterocycles. The number of ether oxygens (including phenoxy) is 2. The normalized spacial score (nSPS) is 16.8. The van der Waals surface area contributed by atoms with E-state index in [4.69, 9.17) is 9.47 Å².